The fraction of sp³-hybridized carbons (Fsp3) is 0.385. The van der Waals surface area contributed by atoms with Crippen LogP contribution in [0, 0.1) is 18.2 Å². The number of hydrogen-bond acceptors (Lipinski definition) is 3. The summed E-state index contributed by atoms with van der Waals surface area (Å²) in [5, 5.41) is 12.5. The van der Waals surface area contributed by atoms with Crippen molar-refractivity contribution < 1.29 is 14.2 Å². The van der Waals surface area contributed by atoms with E-state index < -0.39 is 6.10 Å². The van der Waals surface area contributed by atoms with Gasteiger partial charge < -0.3 is 15.2 Å². The van der Waals surface area contributed by atoms with Gasteiger partial charge in [0.25, 0.3) is 0 Å². The molecule has 0 bridgehead atoms. The van der Waals surface area contributed by atoms with Crippen LogP contribution in [0.1, 0.15) is 6.92 Å². The molecule has 0 aliphatic heterocycles. The van der Waals surface area contributed by atoms with Crippen LogP contribution in [0.4, 0.5) is 4.39 Å². The minimum atomic E-state index is -0.657. The summed E-state index contributed by atoms with van der Waals surface area (Å²) in [5.41, 5.74) is 0. The molecule has 0 saturated carbocycles. The minimum Gasteiger partial charge on any atom is -0.491 e. The third-order valence-electron chi connectivity index (χ3n) is 2.17. The van der Waals surface area contributed by atoms with E-state index in [0.29, 0.717) is 12.3 Å². The number of aliphatic hydroxyl groups excluding tert-OH is 1. The van der Waals surface area contributed by atoms with E-state index in [-0.39, 0.29) is 18.5 Å². The molecule has 1 aromatic carbocycles. The maximum Gasteiger partial charge on any atom is 0.123 e. The summed E-state index contributed by atoms with van der Waals surface area (Å²) in [5.74, 6) is 2.70. The van der Waals surface area contributed by atoms with Crippen LogP contribution >= 0.6 is 0 Å². The van der Waals surface area contributed by atoms with Crippen LogP contribution in [0.3, 0.4) is 0 Å². The number of ether oxygens (including phenoxy) is 1. The molecule has 0 fully saturated rings. The van der Waals surface area contributed by atoms with Gasteiger partial charge in [-0.05, 0) is 31.2 Å². The Morgan fingerprint density at radius 1 is 1.47 bits per heavy atom. The van der Waals surface area contributed by atoms with Gasteiger partial charge in [0.15, 0.2) is 0 Å². The lowest BCUT2D eigenvalue weighted by Gasteiger charge is -2.14. The molecule has 1 aromatic rings. The predicted molar refractivity (Wildman–Crippen MR) is 64.2 cm³/mol. The van der Waals surface area contributed by atoms with Crippen LogP contribution < -0.4 is 10.1 Å². The third-order valence-corrected chi connectivity index (χ3v) is 2.17. The molecule has 1 rings (SSSR count). The maximum atomic E-state index is 12.6. The van der Waals surface area contributed by atoms with E-state index >= 15 is 0 Å². The molecule has 3 nitrogen and oxygen atoms in total. The van der Waals surface area contributed by atoms with Crippen LogP contribution in [-0.2, 0) is 0 Å². The largest absolute Gasteiger partial charge is 0.491 e. The van der Waals surface area contributed by atoms with Crippen LogP contribution in [0.5, 0.6) is 5.75 Å². The fourth-order valence-corrected chi connectivity index (χ4v) is 1.15. The van der Waals surface area contributed by atoms with E-state index in [9.17, 15) is 9.50 Å². The molecule has 0 aromatic heterocycles. The quantitative estimate of drug-likeness (QED) is 0.730. The third kappa shape index (κ3) is 5.34. The molecule has 0 radical (unpaired) electrons. The van der Waals surface area contributed by atoms with Gasteiger partial charge >= 0.3 is 0 Å². The summed E-state index contributed by atoms with van der Waals surface area (Å²) < 4.78 is 17.9. The van der Waals surface area contributed by atoms with Crippen molar-refractivity contribution in [3.8, 4) is 18.1 Å². The number of halogens is 1. The van der Waals surface area contributed by atoms with Crippen LogP contribution in [0.15, 0.2) is 24.3 Å². The summed E-state index contributed by atoms with van der Waals surface area (Å²) in [7, 11) is 0. The normalized spacial score (nSPS) is 13.8. The molecule has 0 spiro atoms. The molecule has 92 valence electrons. The second-order valence-electron chi connectivity index (χ2n) is 3.72. The summed E-state index contributed by atoms with van der Waals surface area (Å²) in [6.45, 7) is 2.32. The van der Waals surface area contributed by atoms with Crippen LogP contribution in [0.25, 0.3) is 0 Å². The van der Waals surface area contributed by atoms with Gasteiger partial charge in [-0.15, -0.1) is 6.42 Å². The second kappa shape index (κ2) is 6.89. The molecule has 2 N–H and O–H groups in total. The number of benzene rings is 1. The smallest absolute Gasteiger partial charge is 0.123 e. The van der Waals surface area contributed by atoms with Crippen molar-refractivity contribution in [1.82, 2.24) is 5.32 Å². The molecule has 0 aliphatic carbocycles. The molecule has 0 heterocycles. The first-order chi connectivity index (χ1) is 8.11. The zero-order valence-corrected chi connectivity index (χ0v) is 9.69. The Kier molecular flexibility index (Phi) is 5.47. The van der Waals surface area contributed by atoms with Crippen molar-refractivity contribution in [2.24, 2.45) is 0 Å². The van der Waals surface area contributed by atoms with Crippen LogP contribution in [-0.4, -0.2) is 30.4 Å². The number of terminal acetylenes is 1. The minimum absolute atomic E-state index is 0.0875. The molecule has 4 heteroatoms. The predicted octanol–water partition coefficient (Wildman–Crippen LogP) is 1.18. The van der Waals surface area contributed by atoms with Gasteiger partial charge in [0.05, 0.1) is 6.04 Å². The van der Waals surface area contributed by atoms with Gasteiger partial charge in [-0.2, -0.15) is 0 Å². The standard InChI is InChI=1S/C13H16FNO2/c1-3-10(2)15-8-12(16)9-17-13-6-4-11(14)5-7-13/h1,4-7,10,12,15-16H,8-9H2,2H3. The highest BCUT2D eigenvalue weighted by molar-refractivity contribution is 5.22. The number of aliphatic hydroxyl groups is 1. The summed E-state index contributed by atoms with van der Waals surface area (Å²) in [4.78, 5) is 0. The number of nitrogens with one attached hydrogen (secondary N) is 1. The summed E-state index contributed by atoms with van der Waals surface area (Å²) >= 11 is 0. The van der Waals surface area contributed by atoms with E-state index in [0.717, 1.165) is 0 Å². The lowest BCUT2D eigenvalue weighted by Crippen LogP contribution is -2.35. The van der Waals surface area contributed by atoms with E-state index in [2.05, 4.69) is 11.2 Å². The van der Waals surface area contributed by atoms with Gasteiger partial charge in [-0.3, -0.25) is 0 Å². The van der Waals surface area contributed by atoms with Crippen molar-refractivity contribution in [1.29, 1.82) is 0 Å². The highest BCUT2D eigenvalue weighted by Crippen LogP contribution is 2.11. The molecular formula is C13H16FNO2. The Morgan fingerprint density at radius 3 is 2.71 bits per heavy atom. The number of hydrogen-bond donors (Lipinski definition) is 2. The van der Waals surface area contributed by atoms with Gasteiger partial charge in [0, 0.05) is 6.54 Å². The molecule has 0 saturated heterocycles. The lowest BCUT2D eigenvalue weighted by atomic mass is 10.3. The maximum absolute atomic E-state index is 12.6. The second-order valence-corrected chi connectivity index (χ2v) is 3.72. The Morgan fingerprint density at radius 2 is 2.12 bits per heavy atom. The Balaban J connectivity index is 2.26. The van der Waals surface area contributed by atoms with Crippen molar-refractivity contribution in [2.75, 3.05) is 13.2 Å². The van der Waals surface area contributed by atoms with E-state index in [1.165, 1.54) is 24.3 Å². The molecule has 2 unspecified atom stereocenters. The zero-order valence-electron chi connectivity index (χ0n) is 9.69. The first kappa shape index (κ1) is 13.5. The molecule has 0 aliphatic rings. The Labute approximate surface area is 101 Å². The van der Waals surface area contributed by atoms with Gasteiger partial charge in [-0.25, -0.2) is 4.39 Å². The first-order valence-corrected chi connectivity index (χ1v) is 5.37. The highest BCUT2D eigenvalue weighted by Gasteiger charge is 2.06. The Bertz CT molecular complexity index is 372. The van der Waals surface area contributed by atoms with Gasteiger partial charge in [-0.1, -0.05) is 5.92 Å². The summed E-state index contributed by atoms with van der Waals surface area (Å²) in [6, 6.07) is 5.55. The molecule has 0 amide bonds. The van der Waals surface area contributed by atoms with Crippen molar-refractivity contribution >= 4 is 0 Å². The van der Waals surface area contributed by atoms with Gasteiger partial charge in [0.1, 0.15) is 24.3 Å². The van der Waals surface area contributed by atoms with E-state index in [4.69, 9.17) is 11.2 Å². The van der Waals surface area contributed by atoms with Crippen molar-refractivity contribution in [2.45, 2.75) is 19.1 Å². The topological polar surface area (TPSA) is 41.5 Å². The monoisotopic (exact) mass is 237 g/mol. The van der Waals surface area contributed by atoms with Gasteiger partial charge in [0.2, 0.25) is 0 Å². The highest BCUT2D eigenvalue weighted by atomic mass is 19.1. The lowest BCUT2D eigenvalue weighted by molar-refractivity contribution is 0.105. The van der Waals surface area contributed by atoms with Crippen molar-refractivity contribution in [3.63, 3.8) is 0 Å². The SMILES string of the molecule is C#CC(C)NCC(O)COc1ccc(F)cc1. The van der Waals surface area contributed by atoms with Crippen molar-refractivity contribution in [3.05, 3.63) is 30.1 Å². The molecular weight excluding hydrogens is 221 g/mol. The van der Waals surface area contributed by atoms with Crippen LogP contribution in [0.2, 0.25) is 0 Å². The fourth-order valence-electron chi connectivity index (χ4n) is 1.15. The average molecular weight is 237 g/mol. The summed E-state index contributed by atoms with van der Waals surface area (Å²) in [6.07, 6.45) is 4.52. The molecule has 2 atom stereocenters. The Hall–Kier alpha value is -1.57. The average Bonchev–Trinajstić information content (AvgIpc) is 2.35. The van der Waals surface area contributed by atoms with E-state index in [1.54, 1.807) is 0 Å². The van der Waals surface area contributed by atoms with E-state index in [1.807, 2.05) is 6.92 Å². The zero-order chi connectivity index (χ0) is 12.7. The molecule has 17 heavy (non-hydrogen) atoms. The first-order valence-electron chi connectivity index (χ1n) is 5.37. The number of rotatable bonds is 6.